The minimum atomic E-state index is -4.04. The van der Waals surface area contributed by atoms with E-state index in [4.69, 9.17) is 15.0 Å². The number of nitrogens with zero attached hydrogens (tertiary/aromatic N) is 6. The lowest BCUT2D eigenvalue weighted by molar-refractivity contribution is -0.150. The number of nitrogens with one attached hydrogen (secondary N) is 1. The lowest BCUT2D eigenvalue weighted by atomic mass is 9.81. The number of rotatable bonds is 24. The summed E-state index contributed by atoms with van der Waals surface area (Å²) in [5.41, 5.74) is 9.27. The predicted molar refractivity (Wildman–Crippen MR) is 229 cm³/mol. The Morgan fingerprint density at radius 1 is 1.00 bits per heavy atom. The van der Waals surface area contributed by atoms with Gasteiger partial charge in [0.1, 0.15) is 5.78 Å². The lowest BCUT2D eigenvalue weighted by Crippen LogP contribution is -2.53. The van der Waals surface area contributed by atoms with Gasteiger partial charge in [0.05, 0.1) is 37.5 Å². The van der Waals surface area contributed by atoms with E-state index in [1.54, 1.807) is 30.9 Å². The van der Waals surface area contributed by atoms with Crippen molar-refractivity contribution in [1.29, 1.82) is 0 Å². The quantitative estimate of drug-likeness (QED) is 0.0640. The highest BCUT2D eigenvalue weighted by molar-refractivity contribution is 7.90. The highest BCUT2D eigenvalue weighted by Crippen LogP contribution is 2.33. The van der Waals surface area contributed by atoms with Crippen LogP contribution in [-0.4, -0.2) is 130 Å². The van der Waals surface area contributed by atoms with Gasteiger partial charge in [-0.15, -0.1) is 0 Å². The van der Waals surface area contributed by atoms with E-state index in [1.807, 2.05) is 69.9 Å². The Kier molecular flexibility index (Phi) is 20.5. The van der Waals surface area contributed by atoms with Crippen LogP contribution in [0, 0.1) is 35.5 Å². The number of carbonyl (C=O) groups excluding carboxylic acids is 5. The van der Waals surface area contributed by atoms with Gasteiger partial charge in [-0.2, -0.15) is 0 Å². The minimum Gasteiger partial charge on any atom is -0.379 e. The SMILES string of the molecule is CC[C@H](C)[C@@H]([C@@H](CC(=O)N1CCC[C@H]1[C@H](C)[C@@H](C)C(=O)C[C@@H](Cc1ccccc1)C(=O)NS(=O)(=O)CCCN=[N+]=[N-])OC)N(C)C(=O)[C@@H](CC(=O)N1CCOCC1)C(C)C. The average molecular weight is 860 g/mol. The van der Waals surface area contributed by atoms with Crippen molar-refractivity contribution in [2.75, 3.05) is 59.3 Å². The van der Waals surface area contributed by atoms with Crippen molar-refractivity contribution in [3.8, 4) is 0 Å². The summed E-state index contributed by atoms with van der Waals surface area (Å²) in [6, 6.07) is 8.37. The Morgan fingerprint density at radius 2 is 1.67 bits per heavy atom. The number of ketones is 1. The first-order chi connectivity index (χ1) is 28.5. The molecule has 16 nitrogen and oxygen atoms in total. The molecule has 60 heavy (non-hydrogen) atoms. The van der Waals surface area contributed by atoms with Crippen LogP contribution in [0.2, 0.25) is 0 Å². The molecule has 0 saturated carbocycles. The molecule has 17 heteroatoms. The molecule has 0 aromatic heterocycles. The number of morpholine rings is 1. The Hall–Kier alpha value is -4.05. The zero-order valence-electron chi connectivity index (χ0n) is 37.0. The Bertz CT molecular complexity index is 1730. The third-order valence-electron chi connectivity index (χ3n) is 12.6. The van der Waals surface area contributed by atoms with Crippen molar-refractivity contribution < 1.29 is 41.9 Å². The Balaban J connectivity index is 1.75. The summed E-state index contributed by atoms with van der Waals surface area (Å²) in [6.45, 7) is 14.1. The van der Waals surface area contributed by atoms with Crippen molar-refractivity contribution in [3.05, 3.63) is 46.3 Å². The molecule has 336 valence electrons. The molecule has 0 radical (unpaired) electrons. The van der Waals surface area contributed by atoms with Crippen LogP contribution in [-0.2, 0) is 49.9 Å². The number of methoxy groups -OCH3 is 1. The van der Waals surface area contributed by atoms with Gasteiger partial charge in [0.15, 0.2) is 0 Å². The molecule has 4 amide bonds. The number of hydrogen-bond acceptors (Lipinski definition) is 10. The maximum atomic E-state index is 14.3. The molecule has 2 fully saturated rings. The smallest absolute Gasteiger partial charge is 0.237 e. The normalized spacial score (nSPS) is 19.3. The molecule has 8 atom stereocenters. The molecule has 1 aromatic carbocycles. The maximum Gasteiger partial charge on any atom is 0.237 e. The van der Waals surface area contributed by atoms with Crippen molar-refractivity contribution in [3.63, 3.8) is 0 Å². The van der Waals surface area contributed by atoms with E-state index in [0.717, 1.165) is 18.4 Å². The van der Waals surface area contributed by atoms with Crippen molar-refractivity contribution in [1.82, 2.24) is 19.4 Å². The van der Waals surface area contributed by atoms with Crippen LogP contribution in [0.3, 0.4) is 0 Å². The number of azide groups is 1. The van der Waals surface area contributed by atoms with Crippen LogP contribution in [0.15, 0.2) is 35.4 Å². The Labute approximate surface area is 357 Å². The number of likely N-dealkylation sites (N-methyl/N-ethyl adjacent to an activating group) is 1. The van der Waals surface area contributed by atoms with Crippen LogP contribution in [0.1, 0.15) is 92.1 Å². The van der Waals surface area contributed by atoms with Gasteiger partial charge in [-0.25, -0.2) is 8.42 Å². The first kappa shape index (κ1) is 50.3. The summed E-state index contributed by atoms with van der Waals surface area (Å²) >= 11 is 0. The van der Waals surface area contributed by atoms with Crippen LogP contribution in [0.4, 0.5) is 0 Å². The molecule has 1 N–H and O–H groups in total. The van der Waals surface area contributed by atoms with Crippen LogP contribution >= 0.6 is 0 Å². The summed E-state index contributed by atoms with van der Waals surface area (Å²) in [6.07, 6.45) is 1.62. The van der Waals surface area contributed by atoms with Crippen LogP contribution < -0.4 is 4.72 Å². The third-order valence-corrected chi connectivity index (χ3v) is 14.0. The van der Waals surface area contributed by atoms with Crippen LogP contribution in [0.5, 0.6) is 0 Å². The standard InChI is InChI=1S/C43H69N7O9S/c1-9-30(4)41(48(7)43(55)35(29(2)3)27-39(52)49-20-22-59-23-21-49)38(58-8)28-40(53)50-19-13-17-36(50)31(5)32(6)37(51)26-34(25-33-15-11-10-12-16-33)42(54)46-60(56,57)24-14-18-45-47-44/h10-12,15-16,29-32,34-36,38,41H,9,13-14,17-28H2,1-8H3,(H,46,54)/t30-,31+,32+,34+,35-,36-,38+,41-/m0/s1. The number of benzene rings is 1. The molecule has 0 spiro atoms. The fraction of sp³-hybridized carbons (Fsp3) is 0.744. The van der Waals surface area contributed by atoms with Crippen molar-refractivity contribution in [2.45, 2.75) is 111 Å². The van der Waals surface area contributed by atoms with E-state index in [9.17, 15) is 32.4 Å². The van der Waals surface area contributed by atoms with E-state index < -0.39 is 51.6 Å². The Morgan fingerprint density at radius 3 is 2.27 bits per heavy atom. The zero-order chi connectivity index (χ0) is 44.6. The van der Waals surface area contributed by atoms with E-state index >= 15 is 0 Å². The summed E-state index contributed by atoms with van der Waals surface area (Å²) in [7, 11) is -0.752. The first-order valence-electron chi connectivity index (χ1n) is 21.5. The van der Waals surface area contributed by atoms with Gasteiger partial charge < -0.3 is 24.2 Å². The summed E-state index contributed by atoms with van der Waals surface area (Å²) in [4.78, 5) is 77.1. The molecular formula is C43H69N7O9S. The van der Waals surface area contributed by atoms with Gasteiger partial charge in [-0.05, 0) is 54.5 Å². The fourth-order valence-corrected chi connectivity index (χ4v) is 9.62. The monoisotopic (exact) mass is 859 g/mol. The molecule has 1 aromatic rings. The topological polar surface area (TPSA) is 208 Å². The maximum absolute atomic E-state index is 14.3. The largest absolute Gasteiger partial charge is 0.379 e. The second-order valence-electron chi connectivity index (χ2n) is 16.9. The second-order valence-corrected chi connectivity index (χ2v) is 18.8. The first-order valence-corrected chi connectivity index (χ1v) is 23.2. The molecule has 2 heterocycles. The molecule has 0 aliphatic carbocycles. The van der Waals surface area contributed by atoms with Crippen molar-refractivity contribution >= 4 is 39.4 Å². The number of hydrogen-bond donors (Lipinski definition) is 1. The van der Waals surface area contributed by atoms with Crippen molar-refractivity contribution in [2.24, 2.45) is 40.6 Å². The van der Waals surface area contributed by atoms with Gasteiger partial charge in [0, 0.05) is 81.9 Å². The van der Waals surface area contributed by atoms with E-state index in [2.05, 4.69) is 14.7 Å². The van der Waals surface area contributed by atoms with Crippen LogP contribution in [0.25, 0.3) is 10.4 Å². The van der Waals surface area contributed by atoms with Gasteiger partial charge in [-0.3, -0.25) is 28.7 Å². The highest BCUT2D eigenvalue weighted by Gasteiger charge is 2.42. The van der Waals surface area contributed by atoms with E-state index in [-0.39, 0.29) is 85.9 Å². The summed E-state index contributed by atoms with van der Waals surface area (Å²) in [5, 5.41) is 3.35. The summed E-state index contributed by atoms with van der Waals surface area (Å²) < 4.78 is 39.1. The molecule has 0 unspecified atom stereocenters. The van der Waals surface area contributed by atoms with Gasteiger partial charge in [0.25, 0.3) is 0 Å². The molecule has 2 aliphatic rings. The molecule has 2 aliphatic heterocycles. The zero-order valence-corrected chi connectivity index (χ0v) is 37.8. The summed E-state index contributed by atoms with van der Waals surface area (Å²) in [5.74, 6) is -4.24. The molecule has 0 bridgehead atoms. The lowest BCUT2D eigenvalue weighted by Gasteiger charge is -2.41. The van der Waals surface area contributed by atoms with Gasteiger partial charge in [-0.1, -0.05) is 83.4 Å². The highest BCUT2D eigenvalue weighted by atomic mass is 32.2. The number of likely N-dealkylation sites (tertiary alicyclic amines) is 1. The molecular weight excluding hydrogens is 791 g/mol. The number of Topliss-reactive ketones (excluding diaryl/α,β-unsaturated/α-hetero) is 1. The average Bonchev–Trinajstić information content (AvgIpc) is 3.73. The van der Waals surface area contributed by atoms with E-state index in [0.29, 0.717) is 39.3 Å². The predicted octanol–water partition coefficient (Wildman–Crippen LogP) is 5.01. The minimum absolute atomic E-state index is 0.0182. The molecule has 3 rings (SSSR count). The fourth-order valence-electron chi connectivity index (χ4n) is 8.54. The molecule has 2 saturated heterocycles. The number of ether oxygens (including phenoxy) is 2. The van der Waals surface area contributed by atoms with Gasteiger partial charge in [0.2, 0.25) is 33.7 Å². The third kappa shape index (κ3) is 14.6. The van der Waals surface area contributed by atoms with Gasteiger partial charge >= 0.3 is 0 Å². The number of carbonyl (C=O) groups is 5. The second kappa shape index (κ2) is 24.4. The number of sulfonamides is 1. The van der Waals surface area contributed by atoms with E-state index in [1.165, 1.54) is 0 Å². The number of amides is 4.